The summed E-state index contributed by atoms with van der Waals surface area (Å²) in [5.41, 5.74) is 3.95. The van der Waals surface area contributed by atoms with E-state index >= 15 is 0 Å². The first-order valence-electron chi connectivity index (χ1n) is 9.80. The van der Waals surface area contributed by atoms with E-state index in [2.05, 4.69) is 6.92 Å². The molecule has 0 bridgehead atoms. The number of hydrogen-bond acceptors (Lipinski definition) is 4. The van der Waals surface area contributed by atoms with Crippen LogP contribution in [-0.4, -0.2) is 11.8 Å². The van der Waals surface area contributed by atoms with Gasteiger partial charge in [0.25, 0.3) is 0 Å². The van der Waals surface area contributed by atoms with Crippen molar-refractivity contribution in [3.63, 3.8) is 0 Å². The van der Waals surface area contributed by atoms with Gasteiger partial charge in [-0.25, -0.2) is 4.79 Å². The van der Waals surface area contributed by atoms with E-state index in [1.54, 1.807) is 13.0 Å². The van der Waals surface area contributed by atoms with E-state index in [1.807, 2.05) is 54.6 Å². The highest BCUT2D eigenvalue weighted by atomic mass is 16.6. The SMILES string of the molecule is CCc1ccc2c(c1)Oc1cc(CC(C)=O)ccc1C21OC(=O)c2ccccc21. The van der Waals surface area contributed by atoms with Crippen molar-refractivity contribution < 1.29 is 19.1 Å². The summed E-state index contributed by atoms with van der Waals surface area (Å²) >= 11 is 0. The quantitative estimate of drug-likeness (QED) is 0.600. The number of aryl methyl sites for hydroxylation is 1. The van der Waals surface area contributed by atoms with Crippen LogP contribution in [0.3, 0.4) is 0 Å². The van der Waals surface area contributed by atoms with Gasteiger partial charge in [-0.2, -0.15) is 0 Å². The van der Waals surface area contributed by atoms with Crippen molar-refractivity contribution in [1.82, 2.24) is 0 Å². The fourth-order valence-corrected chi connectivity index (χ4v) is 4.38. The molecule has 0 fully saturated rings. The number of esters is 1. The van der Waals surface area contributed by atoms with Crippen LogP contribution in [0.25, 0.3) is 0 Å². The average molecular weight is 384 g/mol. The molecular weight excluding hydrogens is 364 g/mol. The fraction of sp³-hybridized carbons (Fsp3) is 0.200. The standard InChI is InChI=1S/C25H20O4/c1-3-16-8-10-20-22(13-16)28-23-14-17(12-15(2)26)9-11-21(23)25(20)19-7-5-4-6-18(19)24(27)29-25/h4-11,13-14H,3,12H2,1-2H3. The Hall–Kier alpha value is -3.40. The average Bonchev–Trinajstić information content (AvgIpc) is 3.00. The molecule has 0 aliphatic carbocycles. The molecule has 0 saturated heterocycles. The van der Waals surface area contributed by atoms with Crippen molar-refractivity contribution in [2.45, 2.75) is 32.3 Å². The monoisotopic (exact) mass is 384 g/mol. The van der Waals surface area contributed by atoms with Gasteiger partial charge in [-0.05, 0) is 42.7 Å². The van der Waals surface area contributed by atoms with Gasteiger partial charge in [0.15, 0.2) is 5.60 Å². The third-order valence-electron chi connectivity index (χ3n) is 5.70. The second-order valence-corrected chi connectivity index (χ2v) is 7.61. The van der Waals surface area contributed by atoms with E-state index < -0.39 is 5.60 Å². The lowest BCUT2D eigenvalue weighted by atomic mass is 9.77. The molecule has 1 spiro atoms. The second kappa shape index (κ2) is 6.31. The Morgan fingerprint density at radius 2 is 1.55 bits per heavy atom. The summed E-state index contributed by atoms with van der Waals surface area (Å²) in [7, 11) is 0. The molecule has 0 N–H and O–H groups in total. The Labute approximate surface area is 169 Å². The maximum absolute atomic E-state index is 12.8. The minimum absolute atomic E-state index is 0.0850. The van der Waals surface area contributed by atoms with Gasteiger partial charge < -0.3 is 9.47 Å². The molecule has 144 valence electrons. The summed E-state index contributed by atoms with van der Waals surface area (Å²) in [5, 5.41) is 0. The molecular formula is C25H20O4. The van der Waals surface area contributed by atoms with E-state index in [1.165, 1.54) is 0 Å². The number of carbonyl (C=O) groups is 2. The first-order valence-corrected chi connectivity index (χ1v) is 9.80. The third-order valence-corrected chi connectivity index (χ3v) is 5.70. The highest BCUT2D eigenvalue weighted by Gasteiger charge is 2.53. The van der Waals surface area contributed by atoms with Crippen molar-refractivity contribution in [1.29, 1.82) is 0 Å². The predicted octanol–water partition coefficient (Wildman–Crippen LogP) is 4.95. The van der Waals surface area contributed by atoms with E-state index in [0.717, 1.165) is 34.2 Å². The lowest BCUT2D eigenvalue weighted by Gasteiger charge is -2.37. The number of rotatable bonds is 3. The fourth-order valence-electron chi connectivity index (χ4n) is 4.38. The van der Waals surface area contributed by atoms with Crippen LogP contribution in [-0.2, 0) is 28.0 Å². The van der Waals surface area contributed by atoms with Crippen molar-refractivity contribution in [3.05, 3.63) is 94.0 Å². The van der Waals surface area contributed by atoms with E-state index in [0.29, 0.717) is 23.5 Å². The lowest BCUT2D eigenvalue weighted by molar-refractivity contribution is -0.116. The van der Waals surface area contributed by atoms with Crippen molar-refractivity contribution in [3.8, 4) is 11.5 Å². The molecule has 0 saturated carbocycles. The normalized spacial score (nSPS) is 18.5. The van der Waals surface area contributed by atoms with Crippen LogP contribution < -0.4 is 4.74 Å². The van der Waals surface area contributed by atoms with Gasteiger partial charge in [-0.3, -0.25) is 4.79 Å². The molecule has 3 aromatic rings. The van der Waals surface area contributed by atoms with Gasteiger partial charge in [-0.1, -0.05) is 49.4 Å². The number of carbonyl (C=O) groups excluding carboxylic acids is 2. The number of Topliss-reactive ketones (excluding diaryl/α,β-unsaturated/α-hetero) is 1. The Morgan fingerprint density at radius 3 is 2.24 bits per heavy atom. The van der Waals surface area contributed by atoms with Crippen LogP contribution in [0.5, 0.6) is 11.5 Å². The van der Waals surface area contributed by atoms with Gasteiger partial charge in [0.2, 0.25) is 0 Å². The smallest absolute Gasteiger partial charge is 0.340 e. The second-order valence-electron chi connectivity index (χ2n) is 7.61. The topological polar surface area (TPSA) is 52.6 Å². The maximum atomic E-state index is 12.8. The van der Waals surface area contributed by atoms with Crippen LogP contribution in [0, 0.1) is 0 Å². The predicted molar refractivity (Wildman–Crippen MR) is 108 cm³/mol. The molecule has 5 rings (SSSR count). The Bertz CT molecular complexity index is 1180. The van der Waals surface area contributed by atoms with Crippen LogP contribution in [0.4, 0.5) is 0 Å². The highest BCUT2D eigenvalue weighted by molar-refractivity contribution is 5.97. The minimum atomic E-state index is -1.04. The maximum Gasteiger partial charge on any atom is 0.340 e. The van der Waals surface area contributed by atoms with Gasteiger partial charge in [0.05, 0.1) is 5.56 Å². The molecule has 29 heavy (non-hydrogen) atoms. The van der Waals surface area contributed by atoms with Gasteiger partial charge in [0, 0.05) is 23.1 Å². The summed E-state index contributed by atoms with van der Waals surface area (Å²) in [6, 6.07) is 19.3. The van der Waals surface area contributed by atoms with Crippen molar-refractivity contribution in [2.24, 2.45) is 0 Å². The van der Waals surface area contributed by atoms with Crippen LogP contribution >= 0.6 is 0 Å². The zero-order valence-corrected chi connectivity index (χ0v) is 16.3. The molecule has 0 radical (unpaired) electrons. The van der Waals surface area contributed by atoms with E-state index in [4.69, 9.17) is 9.47 Å². The zero-order valence-electron chi connectivity index (χ0n) is 16.3. The van der Waals surface area contributed by atoms with Crippen molar-refractivity contribution >= 4 is 11.8 Å². The van der Waals surface area contributed by atoms with Gasteiger partial charge in [0.1, 0.15) is 17.3 Å². The molecule has 1 atom stereocenters. The Morgan fingerprint density at radius 1 is 0.897 bits per heavy atom. The number of ether oxygens (including phenoxy) is 2. The Kier molecular flexibility index (Phi) is 3.85. The first kappa shape index (κ1) is 17.7. The van der Waals surface area contributed by atoms with Crippen LogP contribution in [0.15, 0.2) is 60.7 Å². The van der Waals surface area contributed by atoms with Crippen LogP contribution in [0.1, 0.15) is 52.0 Å². The third kappa shape index (κ3) is 2.52. The number of fused-ring (bicyclic) bond motifs is 6. The zero-order chi connectivity index (χ0) is 20.2. The van der Waals surface area contributed by atoms with Crippen molar-refractivity contribution in [2.75, 3.05) is 0 Å². The van der Waals surface area contributed by atoms with Gasteiger partial charge in [-0.15, -0.1) is 0 Å². The summed E-state index contributed by atoms with van der Waals surface area (Å²) < 4.78 is 12.4. The summed E-state index contributed by atoms with van der Waals surface area (Å²) in [6.07, 6.45) is 1.21. The Balaban J connectivity index is 1.80. The van der Waals surface area contributed by atoms with Gasteiger partial charge >= 0.3 is 5.97 Å². The lowest BCUT2D eigenvalue weighted by Crippen LogP contribution is -2.33. The first-order chi connectivity index (χ1) is 14.0. The molecule has 4 heteroatoms. The molecule has 0 amide bonds. The summed E-state index contributed by atoms with van der Waals surface area (Å²) in [5.74, 6) is 1.05. The van der Waals surface area contributed by atoms with Crippen LogP contribution in [0.2, 0.25) is 0 Å². The molecule has 4 nitrogen and oxygen atoms in total. The molecule has 1 unspecified atom stereocenters. The number of benzene rings is 3. The van der Waals surface area contributed by atoms with E-state index in [-0.39, 0.29) is 11.8 Å². The number of ketones is 1. The molecule has 2 aliphatic rings. The molecule has 2 aliphatic heterocycles. The molecule has 0 aromatic heterocycles. The minimum Gasteiger partial charge on any atom is -0.456 e. The van der Waals surface area contributed by atoms with E-state index in [9.17, 15) is 9.59 Å². The number of hydrogen-bond donors (Lipinski definition) is 0. The molecule has 2 heterocycles. The largest absolute Gasteiger partial charge is 0.456 e. The highest BCUT2D eigenvalue weighted by Crippen LogP contribution is 2.56. The summed E-state index contributed by atoms with van der Waals surface area (Å²) in [6.45, 7) is 3.66. The summed E-state index contributed by atoms with van der Waals surface area (Å²) in [4.78, 5) is 24.4. The molecule has 3 aromatic carbocycles.